The van der Waals surface area contributed by atoms with Crippen molar-refractivity contribution >= 4 is 51.7 Å². The van der Waals surface area contributed by atoms with Gasteiger partial charge in [0.1, 0.15) is 0 Å². The highest BCUT2D eigenvalue weighted by molar-refractivity contribution is 8.00. The molecule has 3 aromatic rings. The Balaban J connectivity index is 1.51. The van der Waals surface area contributed by atoms with Crippen LogP contribution in [-0.2, 0) is 14.4 Å². The lowest BCUT2D eigenvalue weighted by Gasteiger charge is -2.11. The van der Waals surface area contributed by atoms with E-state index in [0.29, 0.717) is 10.8 Å². The van der Waals surface area contributed by atoms with E-state index in [2.05, 4.69) is 15.6 Å². The number of carbonyl (C=O) groups is 3. The van der Waals surface area contributed by atoms with Crippen molar-refractivity contribution in [2.75, 3.05) is 10.6 Å². The highest BCUT2D eigenvalue weighted by Gasteiger charge is 2.16. The number of thioether (sulfide) groups is 1. The standard InChI is InChI=1S/C23H23N3O4S2/c1-14-3-5-16(6-4-14)19-13-31-23(25-19)26-22(30)15(2)32-18-9-7-17(8-10-18)24-20(27)11-12-21(28)29/h3-10,13,15H,11-12H2,1-2H3,(H,24,27)(H,28,29)(H,25,26,30). The van der Waals surface area contributed by atoms with Crippen LogP contribution in [0.3, 0.4) is 0 Å². The molecule has 2 aromatic carbocycles. The van der Waals surface area contributed by atoms with Gasteiger partial charge in [0.15, 0.2) is 5.13 Å². The Kier molecular flexibility index (Phi) is 8.02. The summed E-state index contributed by atoms with van der Waals surface area (Å²) in [4.78, 5) is 40.2. The van der Waals surface area contributed by atoms with E-state index in [1.165, 1.54) is 28.7 Å². The zero-order valence-corrected chi connectivity index (χ0v) is 19.3. The molecule has 9 heteroatoms. The number of hydrogen-bond donors (Lipinski definition) is 3. The fourth-order valence-corrected chi connectivity index (χ4v) is 4.30. The lowest BCUT2D eigenvalue weighted by Crippen LogP contribution is -2.22. The number of nitrogens with zero attached hydrogens (tertiary/aromatic N) is 1. The third kappa shape index (κ3) is 6.93. The second-order valence-electron chi connectivity index (χ2n) is 7.12. The summed E-state index contributed by atoms with van der Waals surface area (Å²) in [6.45, 7) is 3.84. The van der Waals surface area contributed by atoms with Crippen molar-refractivity contribution in [1.82, 2.24) is 4.98 Å². The summed E-state index contributed by atoms with van der Waals surface area (Å²) in [5, 5.41) is 16.3. The predicted molar refractivity (Wildman–Crippen MR) is 128 cm³/mol. The first-order valence-electron chi connectivity index (χ1n) is 9.92. The minimum absolute atomic E-state index is 0.0780. The summed E-state index contributed by atoms with van der Waals surface area (Å²) < 4.78 is 0. The molecule has 0 saturated carbocycles. The van der Waals surface area contributed by atoms with Gasteiger partial charge in [-0.3, -0.25) is 14.4 Å². The fourth-order valence-electron chi connectivity index (χ4n) is 2.71. The van der Waals surface area contributed by atoms with Crippen LogP contribution in [0.25, 0.3) is 11.3 Å². The van der Waals surface area contributed by atoms with Crippen LogP contribution in [0.1, 0.15) is 25.3 Å². The molecule has 0 aliphatic carbocycles. The molecule has 0 saturated heterocycles. The number of carboxylic acid groups (broad SMARTS) is 1. The number of benzene rings is 2. The van der Waals surface area contributed by atoms with Crippen LogP contribution in [0.15, 0.2) is 58.8 Å². The van der Waals surface area contributed by atoms with Gasteiger partial charge in [0.05, 0.1) is 17.4 Å². The molecule has 0 aliphatic rings. The van der Waals surface area contributed by atoms with Crippen LogP contribution in [0.5, 0.6) is 0 Å². The summed E-state index contributed by atoms with van der Waals surface area (Å²) in [6, 6.07) is 15.1. The number of carboxylic acids is 1. The summed E-state index contributed by atoms with van der Waals surface area (Å²) in [5.41, 5.74) is 3.58. The first kappa shape index (κ1) is 23.5. The molecule has 0 fully saturated rings. The lowest BCUT2D eigenvalue weighted by atomic mass is 10.1. The molecule has 3 rings (SSSR count). The number of amides is 2. The zero-order chi connectivity index (χ0) is 23.1. The minimum atomic E-state index is -1.01. The van der Waals surface area contributed by atoms with Crippen molar-refractivity contribution in [3.05, 3.63) is 59.5 Å². The molecule has 7 nitrogen and oxygen atoms in total. The van der Waals surface area contributed by atoms with E-state index >= 15 is 0 Å². The smallest absolute Gasteiger partial charge is 0.303 e. The van der Waals surface area contributed by atoms with Gasteiger partial charge in [0, 0.05) is 27.9 Å². The van der Waals surface area contributed by atoms with Gasteiger partial charge in [0.2, 0.25) is 11.8 Å². The molecule has 1 heterocycles. The first-order valence-corrected chi connectivity index (χ1v) is 11.7. The van der Waals surface area contributed by atoms with E-state index in [0.717, 1.165) is 16.2 Å². The molecule has 1 atom stereocenters. The van der Waals surface area contributed by atoms with Gasteiger partial charge in [0.25, 0.3) is 0 Å². The van der Waals surface area contributed by atoms with Crippen molar-refractivity contribution in [2.24, 2.45) is 0 Å². The van der Waals surface area contributed by atoms with E-state index in [9.17, 15) is 14.4 Å². The summed E-state index contributed by atoms with van der Waals surface area (Å²) in [5.74, 6) is -1.51. The van der Waals surface area contributed by atoms with Crippen molar-refractivity contribution in [2.45, 2.75) is 36.8 Å². The maximum Gasteiger partial charge on any atom is 0.303 e. The van der Waals surface area contributed by atoms with Crippen molar-refractivity contribution in [1.29, 1.82) is 0 Å². The quantitative estimate of drug-likeness (QED) is 0.379. The van der Waals surface area contributed by atoms with Gasteiger partial charge in [-0.2, -0.15) is 0 Å². The van der Waals surface area contributed by atoms with Gasteiger partial charge in [-0.05, 0) is 38.1 Å². The SMILES string of the molecule is Cc1ccc(-c2csc(NC(=O)C(C)Sc3ccc(NC(=O)CCC(=O)O)cc3)n2)cc1. The van der Waals surface area contributed by atoms with Crippen LogP contribution in [0, 0.1) is 6.92 Å². The lowest BCUT2D eigenvalue weighted by molar-refractivity contribution is -0.138. The minimum Gasteiger partial charge on any atom is -0.481 e. The number of aliphatic carboxylic acids is 1. The number of thiazole rings is 1. The molecule has 1 unspecified atom stereocenters. The molecule has 0 spiro atoms. The normalized spacial score (nSPS) is 11.6. The molecule has 0 aliphatic heterocycles. The van der Waals surface area contributed by atoms with E-state index in [1.807, 2.05) is 43.5 Å². The third-order valence-electron chi connectivity index (χ3n) is 4.47. The maximum atomic E-state index is 12.6. The second-order valence-corrected chi connectivity index (χ2v) is 9.39. The number of aromatic nitrogens is 1. The molecule has 3 N–H and O–H groups in total. The molecule has 0 radical (unpaired) electrons. The number of carbonyl (C=O) groups excluding carboxylic acids is 2. The maximum absolute atomic E-state index is 12.6. The first-order chi connectivity index (χ1) is 15.3. The van der Waals surface area contributed by atoms with Crippen LogP contribution in [0.4, 0.5) is 10.8 Å². The molecule has 166 valence electrons. The average Bonchev–Trinajstić information content (AvgIpc) is 3.22. The zero-order valence-electron chi connectivity index (χ0n) is 17.6. The molecule has 0 bridgehead atoms. The van der Waals surface area contributed by atoms with Crippen LogP contribution in [0.2, 0.25) is 0 Å². The monoisotopic (exact) mass is 469 g/mol. The van der Waals surface area contributed by atoms with Gasteiger partial charge in [-0.25, -0.2) is 4.98 Å². The highest BCUT2D eigenvalue weighted by atomic mass is 32.2. The molecule has 32 heavy (non-hydrogen) atoms. The Labute approximate surface area is 194 Å². The summed E-state index contributed by atoms with van der Waals surface area (Å²) >= 11 is 2.78. The molecule has 2 amide bonds. The molecular formula is C23H23N3O4S2. The number of aryl methyl sites for hydroxylation is 1. The van der Waals surface area contributed by atoms with Crippen LogP contribution in [-0.4, -0.2) is 33.1 Å². The topological polar surface area (TPSA) is 108 Å². The Morgan fingerprint density at radius 3 is 2.38 bits per heavy atom. The second kappa shape index (κ2) is 10.9. The van der Waals surface area contributed by atoms with Gasteiger partial charge in [-0.1, -0.05) is 29.8 Å². The largest absolute Gasteiger partial charge is 0.481 e. The van der Waals surface area contributed by atoms with Crippen LogP contribution >= 0.6 is 23.1 Å². The van der Waals surface area contributed by atoms with E-state index in [4.69, 9.17) is 5.11 Å². The predicted octanol–water partition coefficient (Wildman–Crippen LogP) is 5.04. The van der Waals surface area contributed by atoms with E-state index < -0.39 is 5.97 Å². The third-order valence-corrected chi connectivity index (χ3v) is 6.34. The van der Waals surface area contributed by atoms with Crippen LogP contribution < -0.4 is 10.6 Å². The Bertz CT molecular complexity index is 1100. The van der Waals surface area contributed by atoms with Gasteiger partial charge >= 0.3 is 5.97 Å². The average molecular weight is 470 g/mol. The van der Waals surface area contributed by atoms with E-state index in [-0.39, 0.29) is 29.9 Å². The molecule has 1 aromatic heterocycles. The van der Waals surface area contributed by atoms with E-state index in [1.54, 1.807) is 24.3 Å². The van der Waals surface area contributed by atoms with Crippen molar-refractivity contribution < 1.29 is 19.5 Å². The molecular weight excluding hydrogens is 446 g/mol. The van der Waals surface area contributed by atoms with Gasteiger partial charge < -0.3 is 15.7 Å². The van der Waals surface area contributed by atoms with Crippen molar-refractivity contribution in [3.8, 4) is 11.3 Å². The van der Waals surface area contributed by atoms with Crippen molar-refractivity contribution in [3.63, 3.8) is 0 Å². The number of nitrogens with one attached hydrogen (secondary N) is 2. The number of anilines is 2. The highest BCUT2D eigenvalue weighted by Crippen LogP contribution is 2.28. The Morgan fingerprint density at radius 2 is 1.72 bits per heavy atom. The number of rotatable bonds is 9. The summed E-state index contributed by atoms with van der Waals surface area (Å²) in [7, 11) is 0. The Morgan fingerprint density at radius 1 is 1.03 bits per heavy atom. The van der Waals surface area contributed by atoms with Gasteiger partial charge in [-0.15, -0.1) is 23.1 Å². The Hall–Kier alpha value is -3.17. The fraction of sp³-hybridized carbons (Fsp3) is 0.217. The summed E-state index contributed by atoms with van der Waals surface area (Å²) in [6.07, 6.45) is -0.288. The number of hydrogen-bond acceptors (Lipinski definition) is 6.